The van der Waals surface area contributed by atoms with Crippen molar-refractivity contribution < 1.29 is 19.1 Å². The number of hydrogen-bond donors (Lipinski definition) is 2. The number of furan rings is 1. The average Bonchev–Trinajstić information content (AvgIpc) is 2.98. The zero-order chi connectivity index (χ0) is 17.0. The van der Waals surface area contributed by atoms with Crippen molar-refractivity contribution in [2.24, 2.45) is 0 Å². The highest BCUT2D eigenvalue weighted by molar-refractivity contribution is 6.30. The first-order valence-electron chi connectivity index (χ1n) is 7.38. The van der Waals surface area contributed by atoms with Gasteiger partial charge in [0, 0.05) is 17.5 Å². The lowest BCUT2D eigenvalue weighted by atomic mass is 10.0. The minimum atomic E-state index is -1.10. The van der Waals surface area contributed by atoms with Gasteiger partial charge in [-0.25, -0.2) is 4.79 Å². The Hall–Kier alpha value is -2.27. The standard InChI is InChI=1S/C17H18ClNO4/c1-3-13(10-5-7-11(18)8-6-10)19-16(20)15-9-12(17(21)22)14(4-2)23-15/h5-9,13H,3-4H2,1-2H3,(H,19,20)(H,21,22). The molecule has 0 aliphatic heterocycles. The third-order valence-corrected chi connectivity index (χ3v) is 3.82. The zero-order valence-corrected chi connectivity index (χ0v) is 13.7. The Kier molecular flexibility index (Phi) is 5.45. The van der Waals surface area contributed by atoms with Crippen LogP contribution in [-0.4, -0.2) is 17.0 Å². The van der Waals surface area contributed by atoms with E-state index in [0.717, 1.165) is 5.56 Å². The Morgan fingerprint density at radius 1 is 1.26 bits per heavy atom. The first-order valence-corrected chi connectivity index (χ1v) is 7.76. The molecule has 23 heavy (non-hydrogen) atoms. The summed E-state index contributed by atoms with van der Waals surface area (Å²) in [7, 11) is 0. The predicted octanol–water partition coefficient (Wildman–Crippen LogP) is 4.07. The third kappa shape index (κ3) is 3.93. The third-order valence-electron chi connectivity index (χ3n) is 3.57. The summed E-state index contributed by atoms with van der Waals surface area (Å²) < 4.78 is 5.37. The summed E-state index contributed by atoms with van der Waals surface area (Å²) >= 11 is 5.87. The van der Waals surface area contributed by atoms with Crippen molar-refractivity contribution in [3.63, 3.8) is 0 Å². The molecular formula is C17H18ClNO4. The molecule has 1 amide bonds. The van der Waals surface area contributed by atoms with Crippen LogP contribution in [0.4, 0.5) is 0 Å². The van der Waals surface area contributed by atoms with E-state index in [2.05, 4.69) is 5.32 Å². The number of halogens is 1. The van der Waals surface area contributed by atoms with Crippen molar-refractivity contribution in [1.29, 1.82) is 0 Å². The van der Waals surface area contributed by atoms with Crippen LogP contribution >= 0.6 is 11.6 Å². The van der Waals surface area contributed by atoms with Gasteiger partial charge in [0.05, 0.1) is 6.04 Å². The van der Waals surface area contributed by atoms with E-state index in [1.165, 1.54) is 6.07 Å². The molecule has 2 rings (SSSR count). The highest BCUT2D eigenvalue weighted by atomic mass is 35.5. The lowest BCUT2D eigenvalue weighted by molar-refractivity contribution is 0.0694. The quantitative estimate of drug-likeness (QED) is 0.833. The minimum Gasteiger partial charge on any atom is -0.478 e. The normalized spacial score (nSPS) is 12.0. The second-order valence-corrected chi connectivity index (χ2v) is 5.53. The monoisotopic (exact) mass is 335 g/mol. The minimum absolute atomic E-state index is 0.00617. The molecule has 0 aliphatic rings. The predicted molar refractivity (Wildman–Crippen MR) is 87.0 cm³/mol. The molecule has 6 heteroatoms. The summed E-state index contributed by atoms with van der Waals surface area (Å²) in [5.41, 5.74) is 0.947. The van der Waals surface area contributed by atoms with Crippen LogP contribution in [0, 0.1) is 0 Å². The number of rotatable bonds is 6. The van der Waals surface area contributed by atoms with Crippen LogP contribution in [0.15, 0.2) is 34.7 Å². The van der Waals surface area contributed by atoms with Gasteiger partial charge >= 0.3 is 5.97 Å². The highest BCUT2D eigenvalue weighted by Gasteiger charge is 2.22. The summed E-state index contributed by atoms with van der Waals surface area (Å²) in [6.07, 6.45) is 1.09. The molecule has 1 heterocycles. The molecule has 2 N–H and O–H groups in total. The smallest absolute Gasteiger partial charge is 0.339 e. The van der Waals surface area contributed by atoms with Crippen molar-refractivity contribution in [3.05, 3.63) is 58.0 Å². The first-order chi connectivity index (χ1) is 11.0. The fraction of sp³-hybridized carbons (Fsp3) is 0.294. The number of carboxylic acids is 1. The van der Waals surface area contributed by atoms with E-state index in [1.54, 1.807) is 19.1 Å². The number of carboxylic acid groups (broad SMARTS) is 1. The van der Waals surface area contributed by atoms with E-state index in [-0.39, 0.29) is 17.4 Å². The Morgan fingerprint density at radius 2 is 1.91 bits per heavy atom. The molecule has 2 aromatic rings. The fourth-order valence-corrected chi connectivity index (χ4v) is 2.46. The average molecular weight is 336 g/mol. The molecule has 0 bridgehead atoms. The van der Waals surface area contributed by atoms with Gasteiger partial charge in [-0.3, -0.25) is 4.79 Å². The molecule has 5 nitrogen and oxygen atoms in total. The van der Waals surface area contributed by atoms with Gasteiger partial charge < -0.3 is 14.8 Å². The number of aromatic carboxylic acids is 1. The van der Waals surface area contributed by atoms with E-state index >= 15 is 0 Å². The molecule has 0 aliphatic carbocycles. The van der Waals surface area contributed by atoms with Crippen LogP contribution in [0.5, 0.6) is 0 Å². The van der Waals surface area contributed by atoms with Crippen molar-refractivity contribution in [1.82, 2.24) is 5.32 Å². The maximum Gasteiger partial charge on any atom is 0.339 e. The van der Waals surface area contributed by atoms with E-state index in [1.807, 2.05) is 19.1 Å². The van der Waals surface area contributed by atoms with Crippen LogP contribution in [0.3, 0.4) is 0 Å². The summed E-state index contributed by atoms with van der Waals surface area (Å²) in [5, 5.41) is 12.6. The summed E-state index contributed by atoms with van der Waals surface area (Å²) in [6, 6.07) is 8.28. The van der Waals surface area contributed by atoms with Crippen molar-refractivity contribution in [3.8, 4) is 0 Å². The maximum atomic E-state index is 12.3. The molecule has 0 radical (unpaired) electrons. The molecule has 1 atom stereocenters. The zero-order valence-electron chi connectivity index (χ0n) is 12.9. The Bertz CT molecular complexity index is 706. The van der Waals surface area contributed by atoms with Crippen LogP contribution in [0.1, 0.15) is 58.5 Å². The van der Waals surface area contributed by atoms with Crippen LogP contribution in [0.25, 0.3) is 0 Å². The molecule has 1 aromatic carbocycles. The van der Waals surface area contributed by atoms with E-state index in [4.69, 9.17) is 21.1 Å². The lowest BCUT2D eigenvalue weighted by Gasteiger charge is -2.16. The van der Waals surface area contributed by atoms with Gasteiger partial charge in [0.25, 0.3) is 5.91 Å². The molecule has 0 saturated carbocycles. The van der Waals surface area contributed by atoms with Crippen LogP contribution in [-0.2, 0) is 6.42 Å². The molecule has 0 saturated heterocycles. The number of carbonyl (C=O) groups excluding carboxylic acids is 1. The van der Waals surface area contributed by atoms with Gasteiger partial charge in [-0.1, -0.05) is 37.6 Å². The van der Waals surface area contributed by atoms with Gasteiger partial charge in [0.15, 0.2) is 5.76 Å². The number of benzene rings is 1. The van der Waals surface area contributed by atoms with Gasteiger partial charge in [0.2, 0.25) is 0 Å². The maximum absolute atomic E-state index is 12.3. The summed E-state index contributed by atoms with van der Waals surface area (Å²) in [4.78, 5) is 23.5. The summed E-state index contributed by atoms with van der Waals surface area (Å²) in [5.74, 6) is -1.24. The van der Waals surface area contributed by atoms with Crippen LogP contribution in [0.2, 0.25) is 5.02 Å². The second kappa shape index (κ2) is 7.33. The number of carbonyl (C=O) groups is 2. The van der Waals surface area contributed by atoms with Gasteiger partial charge in [-0.15, -0.1) is 0 Å². The first kappa shape index (κ1) is 17.1. The highest BCUT2D eigenvalue weighted by Crippen LogP contribution is 2.21. The van der Waals surface area contributed by atoms with E-state index in [0.29, 0.717) is 23.6 Å². The van der Waals surface area contributed by atoms with Crippen LogP contribution < -0.4 is 5.32 Å². The van der Waals surface area contributed by atoms with Gasteiger partial charge in [-0.2, -0.15) is 0 Å². The van der Waals surface area contributed by atoms with Crippen molar-refractivity contribution in [2.45, 2.75) is 32.7 Å². The van der Waals surface area contributed by atoms with E-state index in [9.17, 15) is 9.59 Å². The van der Waals surface area contributed by atoms with Gasteiger partial charge in [0.1, 0.15) is 11.3 Å². The Labute approximate surface area is 139 Å². The van der Waals surface area contributed by atoms with Gasteiger partial charge in [-0.05, 0) is 24.1 Å². The topological polar surface area (TPSA) is 79.5 Å². The SMILES string of the molecule is CCc1oc(C(=O)NC(CC)c2ccc(Cl)cc2)cc1C(=O)O. The Morgan fingerprint density at radius 3 is 2.39 bits per heavy atom. The van der Waals surface area contributed by atoms with Crippen molar-refractivity contribution in [2.75, 3.05) is 0 Å². The van der Waals surface area contributed by atoms with E-state index < -0.39 is 11.9 Å². The molecule has 0 spiro atoms. The number of amides is 1. The molecule has 1 aromatic heterocycles. The van der Waals surface area contributed by atoms with Crippen molar-refractivity contribution >= 4 is 23.5 Å². The Balaban J connectivity index is 2.19. The fourth-order valence-electron chi connectivity index (χ4n) is 2.33. The lowest BCUT2D eigenvalue weighted by Crippen LogP contribution is -2.27. The molecule has 0 fully saturated rings. The second-order valence-electron chi connectivity index (χ2n) is 5.09. The largest absolute Gasteiger partial charge is 0.478 e. The molecular weight excluding hydrogens is 318 g/mol. The number of hydrogen-bond acceptors (Lipinski definition) is 3. The number of nitrogens with one attached hydrogen (secondary N) is 1. The number of aryl methyl sites for hydroxylation is 1. The molecule has 122 valence electrons. The summed E-state index contributed by atoms with van der Waals surface area (Å²) in [6.45, 7) is 3.72. The molecule has 1 unspecified atom stereocenters.